The Hall–Kier alpha value is -1.87. The highest BCUT2D eigenvalue weighted by Gasteiger charge is 2.55. The molecule has 8 heteroatoms. The van der Waals surface area contributed by atoms with Crippen molar-refractivity contribution in [2.75, 3.05) is 0 Å². The number of nitrogens with zero attached hydrogens (tertiary/aromatic N) is 1. The number of epoxide rings is 1. The van der Waals surface area contributed by atoms with Crippen LogP contribution in [0.15, 0.2) is 23.1 Å². The maximum atomic E-state index is 13.0. The standard InChI is InChI=1S/C30H46N2O5S/c1-19(2)9-7-13-30-14-8-10-20(3)24(33)16-25(34)29(5,6)26(35)17-28(36)32-22(15-27(30)37-30)11-12-23-18-38-21(4)31-23/h9,11-12,18,20,22,24,26-27,33,35H,7-8,10,13-17H2,1-6H3,(H,32,36)/t20-,22+,24+,26-,27?,30?/m0/s1. The molecule has 2 fully saturated rings. The fourth-order valence-corrected chi connectivity index (χ4v) is 5.80. The number of rotatable bonds is 5. The molecule has 2 saturated heterocycles. The van der Waals surface area contributed by atoms with Crippen molar-refractivity contribution in [1.82, 2.24) is 10.3 Å². The number of carbonyl (C=O) groups is 2. The number of amides is 1. The molecule has 7 nitrogen and oxygen atoms in total. The van der Waals surface area contributed by atoms with Gasteiger partial charge in [0.15, 0.2) is 0 Å². The molecule has 0 bridgehead atoms. The lowest BCUT2D eigenvalue weighted by atomic mass is 9.77. The van der Waals surface area contributed by atoms with E-state index in [1.807, 2.05) is 31.4 Å². The summed E-state index contributed by atoms with van der Waals surface area (Å²) in [5.74, 6) is -0.602. The minimum atomic E-state index is -1.16. The van der Waals surface area contributed by atoms with Gasteiger partial charge in [-0.15, -0.1) is 11.3 Å². The fourth-order valence-electron chi connectivity index (χ4n) is 5.22. The largest absolute Gasteiger partial charge is 0.392 e. The normalized spacial score (nSPS) is 33.0. The van der Waals surface area contributed by atoms with Gasteiger partial charge < -0.3 is 20.3 Å². The Kier molecular flexibility index (Phi) is 10.5. The molecule has 0 aromatic carbocycles. The zero-order valence-corrected chi connectivity index (χ0v) is 24.6. The summed E-state index contributed by atoms with van der Waals surface area (Å²) >= 11 is 1.58. The number of aryl methyl sites for hydroxylation is 1. The number of thiazole rings is 1. The van der Waals surface area contributed by atoms with Gasteiger partial charge in [0.05, 0.1) is 47.1 Å². The van der Waals surface area contributed by atoms with E-state index in [2.05, 4.69) is 30.2 Å². The predicted octanol–water partition coefficient (Wildman–Crippen LogP) is 5.14. The molecule has 1 amide bonds. The SMILES string of the molecule is CC(C)=CCCC12CCC[C@H](C)[C@H](O)CC(=O)C(C)(C)[C@@H](O)CC(=O)N[C@H](C=Cc3csc(C)n3)CC1O2. The molecule has 3 rings (SSSR count). The van der Waals surface area contributed by atoms with Gasteiger partial charge >= 0.3 is 0 Å². The number of hydrogen-bond acceptors (Lipinski definition) is 7. The first-order chi connectivity index (χ1) is 17.8. The predicted molar refractivity (Wildman–Crippen MR) is 152 cm³/mol. The Labute approximate surface area is 231 Å². The van der Waals surface area contributed by atoms with Crippen molar-refractivity contribution >= 4 is 29.1 Å². The second-order valence-corrected chi connectivity index (χ2v) is 13.1. The van der Waals surface area contributed by atoms with Crippen molar-refractivity contribution in [3.63, 3.8) is 0 Å². The molecule has 2 aliphatic rings. The lowest BCUT2D eigenvalue weighted by Gasteiger charge is -2.31. The smallest absolute Gasteiger partial charge is 0.223 e. The summed E-state index contributed by atoms with van der Waals surface area (Å²) in [5.41, 5.74) is 0.734. The van der Waals surface area contributed by atoms with E-state index < -0.39 is 17.6 Å². The maximum Gasteiger partial charge on any atom is 0.223 e. The second kappa shape index (κ2) is 13.0. The maximum absolute atomic E-state index is 13.0. The number of aliphatic hydroxyl groups excluding tert-OH is 2. The van der Waals surface area contributed by atoms with Gasteiger partial charge in [-0.25, -0.2) is 4.98 Å². The number of ketones is 1. The van der Waals surface area contributed by atoms with Crippen LogP contribution in [0.4, 0.5) is 0 Å². The van der Waals surface area contributed by atoms with Gasteiger partial charge in [-0.1, -0.05) is 44.9 Å². The van der Waals surface area contributed by atoms with Gasteiger partial charge in [-0.3, -0.25) is 9.59 Å². The van der Waals surface area contributed by atoms with Crippen molar-refractivity contribution < 1.29 is 24.5 Å². The Morgan fingerprint density at radius 2 is 2.00 bits per heavy atom. The minimum Gasteiger partial charge on any atom is -0.392 e. The van der Waals surface area contributed by atoms with Crippen molar-refractivity contribution in [3.8, 4) is 0 Å². The Morgan fingerprint density at radius 1 is 1.26 bits per heavy atom. The first kappa shape index (κ1) is 30.7. The van der Waals surface area contributed by atoms with Crippen molar-refractivity contribution in [1.29, 1.82) is 0 Å². The molecule has 38 heavy (non-hydrogen) atoms. The number of fused-ring (bicyclic) bond motifs is 1. The van der Waals surface area contributed by atoms with E-state index in [1.165, 1.54) is 5.57 Å². The molecular formula is C30H46N2O5S. The lowest BCUT2D eigenvalue weighted by Crippen LogP contribution is -2.44. The van der Waals surface area contributed by atoms with Crippen LogP contribution in [-0.4, -0.2) is 56.8 Å². The number of aliphatic hydroxyl groups is 2. The molecule has 2 unspecified atom stereocenters. The van der Waals surface area contributed by atoms with E-state index in [1.54, 1.807) is 25.2 Å². The molecule has 6 atom stereocenters. The van der Waals surface area contributed by atoms with E-state index in [9.17, 15) is 19.8 Å². The van der Waals surface area contributed by atoms with Gasteiger partial charge in [0.2, 0.25) is 5.91 Å². The average Bonchev–Trinajstić information content (AvgIpc) is 3.31. The first-order valence-electron chi connectivity index (χ1n) is 13.9. The van der Waals surface area contributed by atoms with E-state index in [0.29, 0.717) is 6.42 Å². The van der Waals surface area contributed by atoms with Crippen LogP contribution in [0, 0.1) is 18.3 Å². The van der Waals surface area contributed by atoms with Crippen molar-refractivity contribution in [2.24, 2.45) is 11.3 Å². The summed E-state index contributed by atoms with van der Waals surface area (Å²) < 4.78 is 6.37. The lowest BCUT2D eigenvalue weighted by molar-refractivity contribution is -0.138. The van der Waals surface area contributed by atoms with Gasteiger partial charge in [0.25, 0.3) is 0 Å². The topological polar surface area (TPSA) is 112 Å². The molecule has 0 saturated carbocycles. The summed E-state index contributed by atoms with van der Waals surface area (Å²) in [7, 11) is 0. The number of aromatic nitrogens is 1. The molecule has 3 N–H and O–H groups in total. The van der Waals surface area contributed by atoms with E-state index in [4.69, 9.17) is 4.74 Å². The molecule has 0 aliphatic carbocycles. The van der Waals surface area contributed by atoms with Gasteiger partial charge in [0.1, 0.15) is 5.78 Å². The van der Waals surface area contributed by atoms with E-state index >= 15 is 0 Å². The van der Waals surface area contributed by atoms with Crippen LogP contribution in [0.1, 0.15) is 96.7 Å². The molecule has 212 valence electrons. The van der Waals surface area contributed by atoms with Crippen LogP contribution < -0.4 is 5.32 Å². The highest BCUT2D eigenvalue weighted by molar-refractivity contribution is 7.09. The summed E-state index contributed by atoms with van der Waals surface area (Å²) in [6.07, 6.45) is 8.97. The third-order valence-electron chi connectivity index (χ3n) is 8.22. The zero-order valence-electron chi connectivity index (χ0n) is 23.8. The Bertz CT molecular complexity index is 1030. The second-order valence-electron chi connectivity index (χ2n) is 12.1. The van der Waals surface area contributed by atoms with Gasteiger partial charge in [-0.2, -0.15) is 0 Å². The molecular weight excluding hydrogens is 500 g/mol. The molecule has 0 spiro atoms. The van der Waals surface area contributed by atoms with Crippen LogP contribution >= 0.6 is 11.3 Å². The van der Waals surface area contributed by atoms with E-state index in [0.717, 1.165) is 42.8 Å². The van der Waals surface area contributed by atoms with Crippen LogP contribution in [0.25, 0.3) is 6.08 Å². The third-order valence-corrected chi connectivity index (χ3v) is 9.01. The molecule has 0 radical (unpaired) electrons. The number of ether oxygens (including phenoxy) is 1. The average molecular weight is 547 g/mol. The zero-order chi connectivity index (χ0) is 28.1. The van der Waals surface area contributed by atoms with Crippen molar-refractivity contribution in [2.45, 2.75) is 123 Å². The summed E-state index contributed by atoms with van der Waals surface area (Å²) in [4.78, 5) is 30.6. The minimum absolute atomic E-state index is 0.0104. The molecule has 2 aliphatic heterocycles. The quantitative estimate of drug-likeness (QED) is 0.348. The first-order valence-corrected chi connectivity index (χ1v) is 14.8. The fraction of sp³-hybridized carbons (Fsp3) is 0.700. The number of hydrogen-bond donors (Lipinski definition) is 3. The van der Waals surface area contributed by atoms with Crippen molar-refractivity contribution in [3.05, 3.63) is 33.8 Å². The van der Waals surface area contributed by atoms with Crippen LogP contribution in [0.3, 0.4) is 0 Å². The number of Topliss-reactive ketones (excluding diaryl/α,β-unsaturated/α-hetero) is 1. The monoisotopic (exact) mass is 546 g/mol. The van der Waals surface area contributed by atoms with Crippen LogP contribution in [-0.2, 0) is 14.3 Å². The highest BCUT2D eigenvalue weighted by atomic mass is 32.1. The number of allylic oxidation sites excluding steroid dienone is 2. The number of carbonyl (C=O) groups excluding carboxylic acids is 2. The van der Waals surface area contributed by atoms with Gasteiger partial charge in [0, 0.05) is 23.6 Å². The van der Waals surface area contributed by atoms with Crippen LogP contribution in [0.2, 0.25) is 0 Å². The number of nitrogens with one attached hydrogen (secondary N) is 1. The summed E-state index contributed by atoms with van der Waals surface area (Å²) in [5, 5.41) is 27.6. The van der Waals surface area contributed by atoms with Gasteiger partial charge in [-0.05, 0) is 58.4 Å². The molecule has 1 aromatic heterocycles. The van der Waals surface area contributed by atoms with Crippen LogP contribution in [0.5, 0.6) is 0 Å². The third kappa shape index (κ3) is 8.31. The Morgan fingerprint density at radius 3 is 2.66 bits per heavy atom. The van der Waals surface area contributed by atoms with E-state index in [-0.39, 0.29) is 48.2 Å². The molecule has 1 aromatic rings. The summed E-state index contributed by atoms with van der Waals surface area (Å²) in [6, 6.07) is -0.292. The summed E-state index contributed by atoms with van der Waals surface area (Å²) in [6.45, 7) is 11.4. The molecule has 3 heterocycles. The highest BCUT2D eigenvalue weighted by Crippen LogP contribution is 2.48. The Balaban J connectivity index is 1.84.